The monoisotopic (exact) mass is 261 g/mol. The maximum absolute atomic E-state index is 11.2. The molecule has 0 saturated heterocycles. The Morgan fingerprint density at radius 1 is 0.800 bits per heavy atom. The molecular formula is C17H11NO2. The molecule has 0 N–H and O–H groups in total. The number of nitrogens with zero attached hydrogens (tertiary/aromatic N) is 1. The zero-order valence-electron chi connectivity index (χ0n) is 10.9. The molecular weight excluding hydrogens is 250 g/mol. The summed E-state index contributed by atoms with van der Waals surface area (Å²) >= 11 is 0. The minimum Gasteiger partial charge on any atom is -0.258 e. The second-order valence-electron chi connectivity index (χ2n) is 5.15. The highest BCUT2D eigenvalue weighted by Gasteiger charge is 2.16. The van der Waals surface area contributed by atoms with Crippen molar-refractivity contribution >= 4 is 38.0 Å². The van der Waals surface area contributed by atoms with Gasteiger partial charge in [0.1, 0.15) is 0 Å². The summed E-state index contributed by atoms with van der Waals surface area (Å²) in [6.07, 6.45) is 0. The Kier molecular flexibility index (Phi) is 2.05. The molecule has 0 aliphatic heterocycles. The van der Waals surface area contributed by atoms with Crippen molar-refractivity contribution in [3.8, 4) is 0 Å². The lowest BCUT2D eigenvalue weighted by Gasteiger charge is -2.12. The molecule has 0 saturated carbocycles. The van der Waals surface area contributed by atoms with E-state index in [9.17, 15) is 10.1 Å². The summed E-state index contributed by atoms with van der Waals surface area (Å²) in [6, 6.07) is 15.6. The first-order valence-corrected chi connectivity index (χ1v) is 6.48. The number of hydrogen-bond acceptors (Lipinski definition) is 2. The van der Waals surface area contributed by atoms with E-state index in [0.29, 0.717) is 0 Å². The zero-order chi connectivity index (χ0) is 13.9. The molecule has 0 heterocycles. The summed E-state index contributed by atoms with van der Waals surface area (Å²) in [5.41, 5.74) is 1.37. The van der Waals surface area contributed by atoms with Gasteiger partial charge in [0.05, 0.1) is 10.3 Å². The average molecular weight is 261 g/mol. The molecule has 20 heavy (non-hydrogen) atoms. The number of aryl methyl sites for hydroxylation is 1. The number of rotatable bonds is 1. The molecule has 0 bridgehead atoms. The van der Waals surface area contributed by atoms with Crippen LogP contribution >= 0.6 is 0 Å². The molecule has 0 fully saturated rings. The molecule has 0 atom stereocenters. The third kappa shape index (κ3) is 1.29. The topological polar surface area (TPSA) is 43.1 Å². The second-order valence-corrected chi connectivity index (χ2v) is 5.15. The Bertz CT molecular complexity index is 988. The molecule has 4 aromatic carbocycles. The summed E-state index contributed by atoms with van der Waals surface area (Å²) in [4.78, 5) is 10.9. The molecule has 0 aliphatic carbocycles. The van der Waals surface area contributed by atoms with Crippen molar-refractivity contribution < 1.29 is 4.92 Å². The fourth-order valence-electron chi connectivity index (χ4n) is 3.09. The van der Waals surface area contributed by atoms with E-state index >= 15 is 0 Å². The van der Waals surface area contributed by atoms with Gasteiger partial charge in [-0.15, -0.1) is 0 Å². The molecule has 4 aromatic rings. The Labute approximate surface area is 114 Å². The van der Waals surface area contributed by atoms with Crippen molar-refractivity contribution in [2.75, 3.05) is 0 Å². The molecule has 3 heteroatoms. The Hall–Kier alpha value is -2.68. The third-order valence-electron chi connectivity index (χ3n) is 4.06. The van der Waals surface area contributed by atoms with Gasteiger partial charge in [0, 0.05) is 11.5 Å². The van der Waals surface area contributed by atoms with Crippen molar-refractivity contribution in [3.63, 3.8) is 0 Å². The van der Waals surface area contributed by atoms with Gasteiger partial charge in [0.25, 0.3) is 5.69 Å². The van der Waals surface area contributed by atoms with Crippen molar-refractivity contribution in [2.45, 2.75) is 6.92 Å². The van der Waals surface area contributed by atoms with Crippen LogP contribution in [0.4, 0.5) is 5.69 Å². The Morgan fingerprint density at radius 3 is 2.05 bits per heavy atom. The van der Waals surface area contributed by atoms with Crippen LogP contribution in [0.15, 0.2) is 48.5 Å². The largest absolute Gasteiger partial charge is 0.277 e. The summed E-state index contributed by atoms with van der Waals surface area (Å²) in [5.74, 6) is 0. The minimum absolute atomic E-state index is 0.174. The number of nitro groups is 1. The van der Waals surface area contributed by atoms with Crippen LogP contribution in [0.25, 0.3) is 32.3 Å². The van der Waals surface area contributed by atoms with Gasteiger partial charge in [-0.05, 0) is 46.2 Å². The SMILES string of the molecule is Cc1ccc2ccc3ccc([N+](=O)[O-])c4ccc1c2c34. The minimum atomic E-state index is -0.307. The van der Waals surface area contributed by atoms with Crippen LogP contribution in [-0.2, 0) is 0 Å². The van der Waals surface area contributed by atoms with Gasteiger partial charge in [-0.25, -0.2) is 0 Å². The summed E-state index contributed by atoms with van der Waals surface area (Å²) < 4.78 is 0. The van der Waals surface area contributed by atoms with Crippen molar-refractivity contribution in [1.29, 1.82) is 0 Å². The zero-order valence-corrected chi connectivity index (χ0v) is 10.9. The first kappa shape index (κ1) is 11.2. The van der Waals surface area contributed by atoms with Gasteiger partial charge in [0.15, 0.2) is 0 Å². The lowest BCUT2D eigenvalue weighted by atomic mass is 9.92. The highest BCUT2D eigenvalue weighted by atomic mass is 16.6. The first-order chi connectivity index (χ1) is 9.66. The fraction of sp³-hybridized carbons (Fsp3) is 0.0588. The molecule has 0 unspecified atom stereocenters. The average Bonchev–Trinajstić information content (AvgIpc) is 2.46. The number of hydrogen-bond donors (Lipinski definition) is 0. The molecule has 0 amide bonds. The van der Waals surface area contributed by atoms with E-state index < -0.39 is 0 Å². The maximum Gasteiger partial charge on any atom is 0.277 e. The molecule has 4 rings (SSSR count). The van der Waals surface area contributed by atoms with E-state index in [0.717, 1.165) is 26.9 Å². The highest BCUT2D eigenvalue weighted by molar-refractivity contribution is 6.25. The molecule has 96 valence electrons. The number of non-ortho nitro benzene ring substituents is 1. The van der Waals surface area contributed by atoms with Crippen LogP contribution < -0.4 is 0 Å². The predicted molar refractivity (Wildman–Crippen MR) is 81.5 cm³/mol. The van der Waals surface area contributed by atoms with Gasteiger partial charge in [0.2, 0.25) is 0 Å². The summed E-state index contributed by atoms with van der Waals surface area (Å²) in [5, 5.41) is 17.4. The van der Waals surface area contributed by atoms with Crippen molar-refractivity contribution in [3.05, 3.63) is 64.2 Å². The van der Waals surface area contributed by atoms with Gasteiger partial charge in [-0.2, -0.15) is 0 Å². The molecule has 0 aliphatic rings. The lowest BCUT2D eigenvalue weighted by Crippen LogP contribution is -1.92. The normalized spacial score (nSPS) is 11.7. The molecule has 0 radical (unpaired) electrons. The Morgan fingerprint density at radius 2 is 1.35 bits per heavy atom. The van der Waals surface area contributed by atoms with Gasteiger partial charge < -0.3 is 0 Å². The van der Waals surface area contributed by atoms with E-state index in [1.54, 1.807) is 6.07 Å². The van der Waals surface area contributed by atoms with Crippen molar-refractivity contribution in [1.82, 2.24) is 0 Å². The van der Waals surface area contributed by atoms with E-state index in [1.807, 2.05) is 24.3 Å². The first-order valence-electron chi connectivity index (χ1n) is 6.48. The quantitative estimate of drug-likeness (QED) is 0.280. The van der Waals surface area contributed by atoms with E-state index in [-0.39, 0.29) is 10.6 Å². The summed E-state index contributed by atoms with van der Waals surface area (Å²) in [6.45, 7) is 2.07. The van der Waals surface area contributed by atoms with Gasteiger partial charge >= 0.3 is 0 Å². The van der Waals surface area contributed by atoms with E-state index in [2.05, 4.69) is 25.1 Å². The summed E-state index contributed by atoms with van der Waals surface area (Å²) in [7, 11) is 0. The lowest BCUT2D eigenvalue weighted by molar-refractivity contribution is -0.383. The van der Waals surface area contributed by atoms with E-state index in [4.69, 9.17) is 0 Å². The van der Waals surface area contributed by atoms with Gasteiger partial charge in [-0.3, -0.25) is 10.1 Å². The van der Waals surface area contributed by atoms with Crippen molar-refractivity contribution in [2.24, 2.45) is 0 Å². The van der Waals surface area contributed by atoms with Crippen LogP contribution in [0.5, 0.6) is 0 Å². The second kappa shape index (κ2) is 3.67. The van der Waals surface area contributed by atoms with Crippen LogP contribution in [0.1, 0.15) is 5.56 Å². The fourth-order valence-corrected chi connectivity index (χ4v) is 3.09. The van der Waals surface area contributed by atoms with Gasteiger partial charge in [-0.1, -0.05) is 30.3 Å². The number of benzene rings is 4. The maximum atomic E-state index is 11.2. The predicted octanol–water partition coefficient (Wildman–Crippen LogP) is 4.80. The third-order valence-corrected chi connectivity index (χ3v) is 4.06. The van der Waals surface area contributed by atoms with Crippen LogP contribution in [0, 0.1) is 17.0 Å². The van der Waals surface area contributed by atoms with Crippen LogP contribution in [0.2, 0.25) is 0 Å². The Balaban J connectivity index is 2.38. The van der Waals surface area contributed by atoms with Crippen LogP contribution in [0.3, 0.4) is 0 Å². The smallest absolute Gasteiger partial charge is 0.258 e. The van der Waals surface area contributed by atoms with Crippen LogP contribution in [-0.4, -0.2) is 4.92 Å². The molecule has 3 nitrogen and oxygen atoms in total. The molecule has 0 spiro atoms. The number of nitro benzene ring substituents is 1. The van der Waals surface area contributed by atoms with E-state index in [1.165, 1.54) is 10.9 Å². The standard InChI is InChI=1S/C17H11NO2/c1-10-2-3-11-4-5-12-6-9-15(18(19)20)14-8-7-13(10)16(11)17(12)14/h2-9H,1H3. The highest BCUT2D eigenvalue weighted by Crippen LogP contribution is 2.39. The molecule has 0 aromatic heterocycles.